The highest BCUT2D eigenvalue weighted by Gasteiger charge is 2.36. The average Bonchev–Trinajstić information content (AvgIpc) is 2.37. The Bertz CT molecular complexity index is 611. The fraction of sp³-hybridized carbons (Fsp3) is 0.500. The van der Waals surface area contributed by atoms with Crippen LogP contribution in [0.2, 0.25) is 0 Å². The van der Waals surface area contributed by atoms with Gasteiger partial charge >= 0.3 is 5.69 Å². The van der Waals surface area contributed by atoms with Crippen molar-refractivity contribution < 1.29 is 14.2 Å². The summed E-state index contributed by atoms with van der Waals surface area (Å²) in [6.07, 6.45) is 0. The average molecular weight is 426 g/mol. The minimum absolute atomic E-state index is 0. The SMILES string of the molecule is CC1(C)CNCCN1c1cc(F)c([N+](=O)[O-])cc1[N+](=O)[O-].I. The van der Waals surface area contributed by atoms with Crippen molar-refractivity contribution in [3.05, 3.63) is 38.2 Å². The van der Waals surface area contributed by atoms with Gasteiger partial charge in [0.15, 0.2) is 0 Å². The molecule has 1 aromatic rings. The predicted molar refractivity (Wildman–Crippen MR) is 89.4 cm³/mol. The van der Waals surface area contributed by atoms with Crippen molar-refractivity contribution in [2.24, 2.45) is 0 Å². The van der Waals surface area contributed by atoms with Crippen LogP contribution in [0.1, 0.15) is 13.8 Å². The summed E-state index contributed by atoms with van der Waals surface area (Å²) >= 11 is 0. The molecule has 8 nitrogen and oxygen atoms in total. The first-order valence-electron chi connectivity index (χ1n) is 6.35. The van der Waals surface area contributed by atoms with Gasteiger partial charge in [-0.3, -0.25) is 20.2 Å². The molecule has 0 spiro atoms. The molecule has 1 aromatic carbocycles. The number of rotatable bonds is 3. The molecule has 0 aromatic heterocycles. The number of nitrogens with zero attached hydrogens (tertiary/aromatic N) is 3. The summed E-state index contributed by atoms with van der Waals surface area (Å²) < 4.78 is 13.8. The van der Waals surface area contributed by atoms with Crippen molar-refractivity contribution in [2.45, 2.75) is 19.4 Å². The highest BCUT2D eigenvalue weighted by Crippen LogP contribution is 2.37. The van der Waals surface area contributed by atoms with Crippen molar-refractivity contribution in [1.82, 2.24) is 5.32 Å². The van der Waals surface area contributed by atoms with Crippen LogP contribution >= 0.6 is 24.0 Å². The summed E-state index contributed by atoms with van der Waals surface area (Å²) in [6, 6.07) is 1.56. The van der Waals surface area contributed by atoms with Gasteiger partial charge in [0, 0.05) is 31.2 Å². The second kappa shape index (κ2) is 6.69. The van der Waals surface area contributed by atoms with Crippen LogP contribution in [0.25, 0.3) is 0 Å². The van der Waals surface area contributed by atoms with E-state index in [9.17, 15) is 24.6 Å². The van der Waals surface area contributed by atoms with Gasteiger partial charge in [-0.25, -0.2) is 0 Å². The summed E-state index contributed by atoms with van der Waals surface area (Å²) in [5, 5.41) is 25.1. The second-order valence-electron chi connectivity index (χ2n) is 5.45. The van der Waals surface area contributed by atoms with Crippen LogP contribution in [0.15, 0.2) is 12.1 Å². The molecule has 10 heteroatoms. The molecule has 1 heterocycles. The van der Waals surface area contributed by atoms with Crippen LogP contribution in [0.3, 0.4) is 0 Å². The van der Waals surface area contributed by atoms with Gasteiger partial charge in [-0.05, 0) is 13.8 Å². The van der Waals surface area contributed by atoms with Crippen molar-refractivity contribution in [1.29, 1.82) is 0 Å². The third-order valence-electron chi connectivity index (χ3n) is 3.53. The maximum Gasteiger partial charge on any atom is 0.311 e. The van der Waals surface area contributed by atoms with Gasteiger partial charge in [-0.2, -0.15) is 4.39 Å². The number of nitro groups is 2. The van der Waals surface area contributed by atoms with Gasteiger partial charge in [-0.1, -0.05) is 0 Å². The topological polar surface area (TPSA) is 102 Å². The van der Waals surface area contributed by atoms with E-state index in [1.165, 1.54) is 0 Å². The normalized spacial score (nSPS) is 16.8. The number of hydrogen-bond acceptors (Lipinski definition) is 6. The number of hydrogen-bond donors (Lipinski definition) is 1. The molecule has 1 aliphatic rings. The van der Waals surface area contributed by atoms with E-state index >= 15 is 0 Å². The summed E-state index contributed by atoms with van der Waals surface area (Å²) in [7, 11) is 0. The Morgan fingerprint density at radius 1 is 1.23 bits per heavy atom. The number of halogens is 2. The number of piperazine rings is 1. The quantitative estimate of drug-likeness (QED) is 0.453. The molecule has 122 valence electrons. The number of nitro benzene ring substituents is 2. The maximum atomic E-state index is 13.8. The molecular formula is C12H16FIN4O4. The molecule has 22 heavy (non-hydrogen) atoms. The molecule has 1 N–H and O–H groups in total. The Balaban J connectivity index is 0.00000242. The van der Waals surface area contributed by atoms with E-state index in [2.05, 4.69) is 5.32 Å². The summed E-state index contributed by atoms with van der Waals surface area (Å²) in [6.45, 7) is 5.34. The number of benzene rings is 1. The van der Waals surface area contributed by atoms with E-state index < -0.39 is 32.6 Å². The fourth-order valence-electron chi connectivity index (χ4n) is 2.47. The lowest BCUT2D eigenvalue weighted by atomic mass is 9.98. The minimum Gasteiger partial charge on any atom is -0.358 e. The lowest BCUT2D eigenvalue weighted by molar-refractivity contribution is -0.395. The van der Waals surface area contributed by atoms with Crippen molar-refractivity contribution in [2.75, 3.05) is 24.5 Å². The van der Waals surface area contributed by atoms with Crippen LogP contribution in [-0.2, 0) is 0 Å². The summed E-state index contributed by atoms with van der Waals surface area (Å²) in [5.41, 5.74) is -1.75. The van der Waals surface area contributed by atoms with Gasteiger partial charge in [0.2, 0.25) is 5.82 Å². The standard InChI is InChI=1S/C12H15FN4O4.HI/c1-12(2)7-14-3-4-15(12)10-5-8(13)9(16(18)19)6-11(10)17(20)21;/h5-6,14H,3-4,7H2,1-2H3;1H. The molecule has 0 unspecified atom stereocenters. The number of anilines is 1. The van der Waals surface area contributed by atoms with Crippen LogP contribution in [-0.4, -0.2) is 35.0 Å². The van der Waals surface area contributed by atoms with Gasteiger partial charge in [0.25, 0.3) is 5.69 Å². The molecule has 1 aliphatic heterocycles. The predicted octanol–water partition coefficient (Wildman–Crippen LogP) is 2.45. The Morgan fingerprint density at radius 2 is 1.82 bits per heavy atom. The first kappa shape index (κ1) is 18.5. The Kier molecular flexibility index (Phi) is 5.62. The minimum atomic E-state index is -1.07. The van der Waals surface area contributed by atoms with E-state index in [-0.39, 0.29) is 29.7 Å². The molecule has 0 amide bonds. The van der Waals surface area contributed by atoms with E-state index in [1.807, 2.05) is 13.8 Å². The first-order chi connectivity index (χ1) is 9.74. The third-order valence-corrected chi connectivity index (χ3v) is 3.53. The van der Waals surface area contributed by atoms with Gasteiger partial charge < -0.3 is 10.2 Å². The summed E-state index contributed by atoms with van der Waals surface area (Å²) in [4.78, 5) is 21.9. The molecule has 0 bridgehead atoms. The van der Waals surface area contributed by atoms with Crippen LogP contribution in [0.5, 0.6) is 0 Å². The van der Waals surface area contributed by atoms with Crippen molar-refractivity contribution >= 4 is 41.0 Å². The summed E-state index contributed by atoms with van der Waals surface area (Å²) in [5.74, 6) is -1.07. The van der Waals surface area contributed by atoms with Crippen LogP contribution < -0.4 is 10.2 Å². The molecule has 2 rings (SSSR count). The fourth-order valence-corrected chi connectivity index (χ4v) is 2.47. The van der Waals surface area contributed by atoms with Gasteiger partial charge in [0.05, 0.1) is 15.9 Å². The lowest BCUT2D eigenvalue weighted by Crippen LogP contribution is -2.58. The van der Waals surface area contributed by atoms with Crippen LogP contribution in [0, 0.1) is 26.0 Å². The van der Waals surface area contributed by atoms with Crippen molar-refractivity contribution in [3.8, 4) is 0 Å². The maximum absolute atomic E-state index is 13.8. The molecule has 0 aliphatic carbocycles. The lowest BCUT2D eigenvalue weighted by Gasteiger charge is -2.44. The smallest absolute Gasteiger partial charge is 0.311 e. The zero-order valence-corrected chi connectivity index (χ0v) is 14.4. The molecule has 0 atom stereocenters. The molecule has 1 fully saturated rings. The monoisotopic (exact) mass is 426 g/mol. The largest absolute Gasteiger partial charge is 0.358 e. The molecule has 1 saturated heterocycles. The third kappa shape index (κ3) is 3.43. The zero-order valence-electron chi connectivity index (χ0n) is 12.0. The Morgan fingerprint density at radius 3 is 2.32 bits per heavy atom. The molecular weight excluding hydrogens is 410 g/mol. The Hall–Kier alpha value is -1.56. The Labute approximate surface area is 143 Å². The van der Waals surface area contributed by atoms with E-state index in [1.54, 1.807) is 4.90 Å². The van der Waals surface area contributed by atoms with E-state index in [4.69, 9.17) is 0 Å². The highest BCUT2D eigenvalue weighted by atomic mass is 127. The molecule has 0 saturated carbocycles. The van der Waals surface area contributed by atoms with E-state index in [0.717, 1.165) is 6.07 Å². The van der Waals surface area contributed by atoms with Crippen molar-refractivity contribution in [3.63, 3.8) is 0 Å². The van der Waals surface area contributed by atoms with Gasteiger partial charge in [0.1, 0.15) is 5.69 Å². The van der Waals surface area contributed by atoms with Gasteiger partial charge in [-0.15, -0.1) is 24.0 Å². The first-order valence-corrected chi connectivity index (χ1v) is 6.35. The number of nitrogens with one attached hydrogen (secondary N) is 1. The second-order valence-corrected chi connectivity index (χ2v) is 5.45. The molecule has 0 radical (unpaired) electrons. The zero-order chi connectivity index (χ0) is 15.8. The van der Waals surface area contributed by atoms with Crippen LogP contribution in [0.4, 0.5) is 21.5 Å². The highest BCUT2D eigenvalue weighted by molar-refractivity contribution is 14.0. The van der Waals surface area contributed by atoms with E-state index in [0.29, 0.717) is 25.7 Å².